The minimum Gasteiger partial charge on any atom is -0.288 e. The van der Waals surface area contributed by atoms with E-state index >= 15 is 0 Å². The molecule has 0 unspecified atom stereocenters. The maximum Gasteiger partial charge on any atom is 0.277 e. The molecule has 8 heteroatoms. The third-order valence-corrected chi connectivity index (χ3v) is 6.07. The van der Waals surface area contributed by atoms with Crippen LogP contribution in [0.5, 0.6) is 0 Å². The van der Waals surface area contributed by atoms with Crippen molar-refractivity contribution < 1.29 is 4.79 Å². The highest BCUT2D eigenvalue weighted by Gasteiger charge is 2.20. The summed E-state index contributed by atoms with van der Waals surface area (Å²) in [5, 5.41) is 14.4. The van der Waals surface area contributed by atoms with Gasteiger partial charge in [-0.05, 0) is 24.3 Å². The van der Waals surface area contributed by atoms with E-state index in [4.69, 9.17) is 0 Å². The number of nitrogens with zero attached hydrogens (tertiary/aromatic N) is 3. The molecule has 0 aliphatic heterocycles. The van der Waals surface area contributed by atoms with Gasteiger partial charge in [0.25, 0.3) is 5.91 Å². The SMILES string of the molecule is O=C(Nc1n[nH]c(C2CCCCC2)n1)c1csc(-c2cccs2)n1. The predicted octanol–water partition coefficient (Wildman–Crippen LogP) is 4.29. The molecule has 124 valence electrons. The molecule has 2 N–H and O–H groups in total. The molecular formula is C16H17N5OS2. The molecule has 0 aromatic carbocycles. The minimum absolute atomic E-state index is 0.275. The number of H-pyrrole nitrogens is 1. The van der Waals surface area contributed by atoms with Crippen molar-refractivity contribution >= 4 is 34.5 Å². The van der Waals surface area contributed by atoms with Gasteiger partial charge in [-0.2, -0.15) is 4.98 Å². The number of thiophene rings is 1. The Morgan fingerprint density at radius 1 is 1.21 bits per heavy atom. The molecule has 24 heavy (non-hydrogen) atoms. The molecule has 3 heterocycles. The van der Waals surface area contributed by atoms with Crippen LogP contribution in [0.4, 0.5) is 5.95 Å². The van der Waals surface area contributed by atoms with Crippen LogP contribution in [0.25, 0.3) is 9.88 Å². The lowest BCUT2D eigenvalue weighted by molar-refractivity contribution is 0.102. The van der Waals surface area contributed by atoms with E-state index in [0.29, 0.717) is 17.6 Å². The van der Waals surface area contributed by atoms with Gasteiger partial charge in [-0.1, -0.05) is 25.3 Å². The lowest BCUT2D eigenvalue weighted by atomic mass is 9.89. The van der Waals surface area contributed by atoms with E-state index in [1.54, 1.807) is 16.7 Å². The fraction of sp³-hybridized carbons (Fsp3) is 0.375. The number of hydrogen-bond donors (Lipinski definition) is 2. The topological polar surface area (TPSA) is 83.6 Å². The van der Waals surface area contributed by atoms with Gasteiger partial charge in [0.05, 0.1) is 4.88 Å². The van der Waals surface area contributed by atoms with Crippen LogP contribution < -0.4 is 5.32 Å². The highest BCUT2D eigenvalue weighted by Crippen LogP contribution is 2.31. The van der Waals surface area contributed by atoms with E-state index in [9.17, 15) is 4.79 Å². The van der Waals surface area contributed by atoms with Crippen molar-refractivity contribution in [3.8, 4) is 9.88 Å². The van der Waals surface area contributed by atoms with Crippen LogP contribution in [0.2, 0.25) is 0 Å². The standard InChI is InChI=1S/C16H17N5OS2/c22-14(11-9-24-15(17-11)12-7-4-8-23-12)19-16-18-13(20-21-16)10-5-2-1-3-6-10/h4,7-10H,1-3,5-6H2,(H2,18,19,20,21,22). The van der Waals surface area contributed by atoms with E-state index < -0.39 is 0 Å². The average Bonchev–Trinajstić information content (AvgIpc) is 3.36. The second-order valence-corrected chi connectivity index (χ2v) is 7.65. The zero-order valence-electron chi connectivity index (χ0n) is 13.0. The van der Waals surface area contributed by atoms with Crippen LogP contribution >= 0.6 is 22.7 Å². The number of rotatable bonds is 4. The number of hydrogen-bond acceptors (Lipinski definition) is 6. The first-order valence-electron chi connectivity index (χ1n) is 8.02. The third kappa shape index (κ3) is 3.25. The summed E-state index contributed by atoms with van der Waals surface area (Å²) in [5.41, 5.74) is 0.396. The Balaban J connectivity index is 1.43. The molecule has 0 bridgehead atoms. The minimum atomic E-state index is -0.275. The second kappa shape index (κ2) is 6.82. The number of anilines is 1. The van der Waals surface area contributed by atoms with Crippen LogP contribution in [-0.2, 0) is 0 Å². The van der Waals surface area contributed by atoms with Gasteiger partial charge in [-0.3, -0.25) is 15.2 Å². The normalized spacial score (nSPS) is 15.5. The van der Waals surface area contributed by atoms with E-state index in [0.717, 1.165) is 28.6 Å². The van der Waals surface area contributed by atoms with Gasteiger partial charge in [0, 0.05) is 11.3 Å². The summed E-state index contributed by atoms with van der Waals surface area (Å²) in [5.74, 6) is 1.36. The van der Waals surface area contributed by atoms with E-state index in [1.807, 2.05) is 17.5 Å². The van der Waals surface area contributed by atoms with Crippen LogP contribution in [0, 0.1) is 0 Å². The van der Waals surface area contributed by atoms with Crippen molar-refractivity contribution in [1.29, 1.82) is 0 Å². The Labute approximate surface area is 147 Å². The Morgan fingerprint density at radius 3 is 2.88 bits per heavy atom. The van der Waals surface area contributed by atoms with Crippen molar-refractivity contribution in [2.45, 2.75) is 38.0 Å². The molecule has 1 aliphatic rings. The molecule has 4 rings (SSSR count). The Hall–Kier alpha value is -2.06. The summed E-state index contributed by atoms with van der Waals surface area (Å²) >= 11 is 3.07. The van der Waals surface area contributed by atoms with Crippen molar-refractivity contribution in [2.24, 2.45) is 0 Å². The molecule has 0 atom stereocenters. The molecule has 0 radical (unpaired) electrons. The maximum absolute atomic E-state index is 12.3. The van der Waals surface area contributed by atoms with Crippen LogP contribution in [0.1, 0.15) is 54.3 Å². The van der Waals surface area contributed by atoms with Crippen molar-refractivity contribution in [3.63, 3.8) is 0 Å². The quantitative estimate of drug-likeness (QED) is 0.728. The van der Waals surface area contributed by atoms with Crippen molar-refractivity contribution in [2.75, 3.05) is 5.32 Å². The Morgan fingerprint density at radius 2 is 2.08 bits per heavy atom. The van der Waals surface area contributed by atoms with Gasteiger partial charge < -0.3 is 0 Å². The molecule has 0 spiro atoms. The number of carbonyl (C=O) groups excluding carboxylic acids is 1. The average molecular weight is 359 g/mol. The zero-order valence-corrected chi connectivity index (χ0v) is 14.6. The summed E-state index contributed by atoms with van der Waals surface area (Å²) in [6.45, 7) is 0. The predicted molar refractivity (Wildman–Crippen MR) is 95.6 cm³/mol. The molecular weight excluding hydrogens is 342 g/mol. The summed E-state index contributed by atoms with van der Waals surface area (Å²) in [6, 6.07) is 3.97. The van der Waals surface area contributed by atoms with Gasteiger partial charge in [0.15, 0.2) is 0 Å². The fourth-order valence-electron chi connectivity index (χ4n) is 2.95. The number of amides is 1. The van der Waals surface area contributed by atoms with E-state index in [-0.39, 0.29) is 5.91 Å². The van der Waals surface area contributed by atoms with Gasteiger partial charge in [-0.15, -0.1) is 27.8 Å². The van der Waals surface area contributed by atoms with Crippen LogP contribution in [0.15, 0.2) is 22.9 Å². The zero-order chi connectivity index (χ0) is 16.4. The van der Waals surface area contributed by atoms with Crippen LogP contribution in [-0.4, -0.2) is 26.1 Å². The van der Waals surface area contributed by atoms with Gasteiger partial charge in [-0.25, -0.2) is 4.98 Å². The van der Waals surface area contributed by atoms with Crippen molar-refractivity contribution in [3.05, 3.63) is 34.4 Å². The Kier molecular flexibility index (Phi) is 4.40. The summed E-state index contributed by atoms with van der Waals surface area (Å²) < 4.78 is 0. The first-order chi connectivity index (χ1) is 11.8. The van der Waals surface area contributed by atoms with Gasteiger partial charge in [0.1, 0.15) is 16.5 Å². The fourth-order valence-corrected chi connectivity index (χ4v) is 4.56. The summed E-state index contributed by atoms with van der Waals surface area (Å²) in [7, 11) is 0. The van der Waals surface area contributed by atoms with Crippen molar-refractivity contribution in [1.82, 2.24) is 20.2 Å². The summed E-state index contributed by atoms with van der Waals surface area (Å²) in [6.07, 6.45) is 6.04. The van der Waals surface area contributed by atoms with E-state index in [1.165, 1.54) is 30.6 Å². The smallest absolute Gasteiger partial charge is 0.277 e. The molecule has 1 aliphatic carbocycles. The Bertz CT molecular complexity index is 817. The van der Waals surface area contributed by atoms with E-state index in [2.05, 4.69) is 25.5 Å². The number of carbonyl (C=O) groups is 1. The molecule has 3 aromatic heterocycles. The summed E-state index contributed by atoms with van der Waals surface area (Å²) in [4.78, 5) is 22.2. The van der Waals surface area contributed by atoms with Crippen LogP contribution in [0.3, 0.4) is 0 Å². The largest absolute Gasteiger partial charge is 0.288 e. The maximum atomic E-state index is 12.3. The number of thiazole rings is 1. The molecule has 1 fully saturated rings. The monoisotopic (exact) mass is 359 g/mol. The second-order valence-electron chi connectivity index (χ2n) is 5.85. The highest BCUT2D eigenvalue weighted by atomic mass is 32.1. The lowest BCUT2D eigenvalue weighted by Crippen LogP contribution is -2.13. The molecule has 1 saturated carbocycles. The first-order valence-corrected chi connectivity index (χ1v) is 9.78. The number of aromatic nitrogens is 4. The molecule has 3 aromatic rings. The highest BCUT2D eigenvalue weighted by molar-refractivity contribution is 7.20. The first kappa shape index (κ1) is 15.5. The van der Waals surface area contributed by atoms with Gasteiger partial charge in [0.2, 0.25) is 5.95 Å². The number of nitrogens with one attached hydrogen (secondary N) is 2. The van der Waals surface area contributed by atoms with Gasteiger partial charge >= 0.3 is 0 Å². The lowest BCUT2D eigenvalue weighted by Gasteiger charge is -2.18. The number of aromatic amines is 1. The molecule has 1 amide bonds. The third-order valence-electron chi connectivity index (χ3n) is 4.19. The molecule has 6 nitrogen and oxygen atoms in total. The molecule has 0 saturated heterocycles.